The van der Waals surface area contributed by atoms with Crippen LogP contribution in [-0.2, 0) is 14.3 Å². The Morgan fingerprint density at radius 2 is 1.74 bits per heavy atom. The van der Waals surface area contributed by atoms with Gasteiger partial charge in [-0.1, -0.05) is 15.9 Å². The molecule has 192 valence electrons. The molecular formula is C26H43BrN2O3SSn. The van der Waals surface area contributed by atoms with E-state index in [-0.39, 0.29) is 24.5 Å². The fraction of sp³-hybridized carbons (Fsp3) is 0.654. The standard InChI is InChI=1S/C14H16BrN2O3S.3C4H9.Sn/c1-3-13(19)20-8-4-5-12(18)16-10(2)14-17-11(6-7-15)9-21-14;3*1-3-4-2;/h1,3,6-7,9-10H,4-5,8H2,2H3,(H,16,18);3*1,3-4H2,2H3;/b3-1?,7-6-;;;;/t10-;;;;/m1..../s1. The summed E-state index contributed by atoms with van der Waals surface area (Å²) in [5, 5.41) is 5.79. The molecule has 1 heterocycles. The maximum absolute atomic E-state index is 12.4. The zero-order chi connectivity index (χ0) is 25.2. The molecule has 1 aromatic rings. The Labute approximate surface area is 223 Å². The second-order valence-electron chi connectivity index (χ2n) is 8.97. The van der Waals surface area contributed by atoms with Gasteiger partial charge in [0.2, 0.25) is 0 Å². The third-order valence-electron chi connectivity index (χ3n) is 5.97. The molecule has 0 bridgehead atoms. The number of hydrogen-bond donors (Lipinski definition) is 1. The fourth-order valence-corrected chi connectivity index (χ4v) is 19.0. The number of halogens is 1. The van der Waals surface area contributed by atoms with Gasteiger partial charge in [0.05, 0.1) is 5.69 Å². The molecule has 8 heteroatoms. The number of nitrogens with one attached hydrogen (secondary N) is 1. The minimum atomic E-state index is -2.46. The molecule has 0 aliphatic rings. The first-order valence-corrected chi connectivity index (χ1v) is 22.3. The summed E-state index contributed by atoms with van der Waals surface area (Å²) in [7, 11) is 0. The SMILES string of the molecule is CCC[CH2][Sn](/[CH]=C/C(=O)OCCCC(=O)N[C@H](C)c1nc(/C=C\Br)cs1)([CH2]CCC)[CH2]CCC. The monoisotopic (exact) mass is 662 g/mol. The number of rotatable bonds is 18. The van der Waals surface area contributed by atoms with Gasteiger partial charge in [0, 0.05) is 5.38 Å². The summed E-state index contributed by atoms with van der Waals surface area (Å²) in [6.07, 6.45) is 11.9. The van der Waals surface area contributed by atoms with Gasteiger partial charge in [-0.05, 0) is 11.1 Å². The summed E-state index contributed by atoms with van der Waals surface area (Å²) >= 11 is 2.30. The summed E-state index contributed by atoms with van der Waals surface area (Å²) in [5.74, 6) is -0.310. The quantitative estimate of drug-likeness (QED) is 0.0750. The Hall–Kier alpha value is -0.671. The molecule has 0 saturated heterocycles. The van der Waals surface area contributed by atoms with E-state index in [1.165, 1.54) is 63.2 Å². The average Bonchev–Trinajstić information content (AvgIpc) is 3.30. The Bertz CT molecular complexity index is 760. The van der Waals surface area contributed by atoms with Crippen LogP contribution < -0.4 is 5.32 Å². The van der Waals surface area contributed by atoms with Crippen LogP contribution in [-0.4, -0.2) is 41.8 Å². The predicted molar refractivity (Wildman–Crippen MR) is 151 cm³/mol. The van der Waals surface area contributed by atoms with E-state index < -0.39 is 18.4 Å². The van der Waals surface area contributed by atoms with Gasteiger partial charge in [-0.2, -0.15) is 0 Å². The number of carbonyl (C=O) groups excluding carboxylic acids is 2. The van der Waals surface area contributed by atoms with Gasteiger partial charge >= 0.3 is 186 Å². The van der Waals surface area contributed by atoms with Crippen molar-refractivity contribution in [1.82, 2.24) is 10.3 Å². The van der Waals surface area contributed by atoms with Gasteiger partial charge < -0.3 is 0 Å². The van der Waals surface area contributed by atoms with Crippen LogP contribution in [0.1, 0.15) is 95.8 Å². The molecule has 0 radical (unpaired) electrons. The second-order valence-corrected chi connectivity index (χ2v) is 23.4. The van der Waals surface area contributed by atoms with Gasteiger partial charge in [0.15, 0.2) is 0 Å². The Morgan fingerprint density at radius 3 is 2.29 bits per heavy atom. The topological polar surface area (TPSA) is 68.3 Å². The van der Waals surface area contributed by atoms with E-state index in [1.807, 2.05) is 18.4 Å². The Balaban J connectivity index is 2.48. The minimum absolute atomic E-state index is 0.0548. The summed E-state index contributed by atoms with van der Waals surface area (Å²) in [4.78, 5) is 30.9. The number of aromatic nitrogens is 1. The number of amides is 1. The zero-order valence-corrected chi connectivity index (χ0v) is 26.7. The molecule has 0 aliphatic heterocycles. The number of hydrogen-bond acceptors (Lipinski definition) is 5. The van der Waals surface area contributed by atoms with Crippen molar-refractivity contribution in [2.24, 2.45) is 0 Å². The summed E-state index contributed by atoms with van der Waals surface area (Å²) in [5.41, 5.74) is 0.866. The normalized spacial score (nSPS) is 13.0. The van der Waals surface area contributed by atoms with Gasteiger partial charge in [-0.15, -0.1) is 0 Å². The van der Waals surface area contributed by atoms with Crippen LogP contribution in [0.25, 0.3) is 6.08 Å². The van der Waals surface area contributed by atoms with Crippen molar-refractivity contribution in [2.45, 2.75) is 98.4 Å². The van der Waals surface area contributed by atoms with E-state index in [2.05, 4.69) is 51.1 Å². The van der Waals surface area contributed by atoms with E-state index in [9.17, 15) is 9.59 Å². The molecule has 1 aromatic heterocycles. The molecule has 5 nitrogen and oxygen atoms in total. The van der Waals surface area contributed by atoms with Crippen LogP contribution in [0.3, 0.4) is 0 Å². The van der Waals surface area contributed by atoms with Gasteiger partial charge in [-0.25, -0.2) is 0 Å². The first-order chi connectivity index (χ1) is 16.4. The number of thiazole rings is 1. The Kier molecular flexibility index (Phi) is 17.1. The van der Waals surface area contributed by atoms with Gasteiger partial charge in [-0.3, -0.25) is 0 Å². The molecule has 1 amide bonds. The zero-order valence-electron chi connectivity index (χ0n) is 21.4. The molecular weight excluding hydrogens is 619 g/mol. The van der Waals surface area contributed by atoms with Crippen molar-refractivity contribution in [3.05, 3.63) is 31.2 Å². The molecule has 0 saturated carbocycles. The predicted octanol–water partition coefficient (Wildman–Crippen LogP) is 7.95. The van der Waals surface area contributed by atoms with Crippen LogP contribution in [0.2, 0.25) is 13.3 Å². The van der Waals surface area contributed by atoms with Crippen LogP contribution in [0.5, 0.6) is 0 Å². The number of carbonyl (C=O) groups is 2. The number of esters is 1. The molecule has 0 unspecified atom stereocenters. The van der Waals surface area contributed by atoms with Crippen LogP contribution in [0.4, 0.5) is 0 Å². The first kappa shape index (κ1) is 31.4. The number of nitrogens with zero attached hydrogens (tertiary/aromatic N) is 1. The molecule has 1 atom stereocenters. The van der Waals surface area contributed by atoms with E-state index >= 15 is 0 Å². The molecule has 34 heavy (non-hydrogen) atoms. The van der Waals surface area contributed by atoms with Crippen molar-refractivity contribution in [2.75, 3.05) is 6.61 Å². The molecule has 1 rings (SSSR count). The van der Waals surface area contributed by atoms with Gasteiger partial charge in [0.25, 0.3) is 0 Å². The van der Waals surface area contributed by atoms with E-state index in [0.29, 0.717) is 12.8 Å². The summed E-state index contributed by atoms with van der Waals surface area (Å²) in [6.45, 7) is 8.95. The van der Waals surface area contributed by atoms with Crippen LogP contribution >= 0.6 is 27.3 Å². The van der Waals surface area contributed by atoms with Gasteiger partial charge in [0.1, 0.15) is 0 Å². The molecule has 0 aromatic carbocycles. The van der Waals surface area contributed by atoms with Crippen molar-refractivity contribution >= 4 is 63.6 Å². The molecule has 1 N–H and O–H groups in total. The first-order valence-electron chi connectivity index (χ1n) is 12.8. The van der Waals surface area contributed by atoms with Crippen molar-refractivity contribution in [3.8, 4) is 0 Å². The van der Waals surface area contributed by atoms with E-state index in [0.717, 1.165) is 10.7 Å². The fourth-order valence-electron chi connectivity index (χ4n) is 3.93. The summed E-state index contributed by atoms with van der Waals surface area (Å²) < 4.78 is 11.8. The average molecular weight is 662 g/mol. The second kappa shape index (κ2) is 18.6. The third kappa shape index (κ3) is 12.9. The number of ether oxygens (including phenoxy) is 1. The van der Waals surface area contributed by atoms with E-state index in [1.54, 1.807) is 11.1 Å². The van der Waals surface area contributed by atoms with E-state index in [4.69, 9.17) is 4.74 Å². The van der Waals surface area contributed by atoms with Crippen molar-refractivity contribution in [3.63, 3.8) is 0 Å². The number of unbranched alkanes of at least 4 members (excludes halogenated alkanes) is 3. The molecule has 0 aliphatic carbocycles. The van der Waals surface area contributed by atoms with Crippen molar-refractivity contribution < 1.29 is 14.3 Å². The Morgan fingerprint density at radius 1 is 1.12 bits per heavy atom. The molecule has 0 spiro atoms. The van der Waals surface area contributed by atoms with Crippen LogP contribution in [0.15, 0.2) is 20.5 Å². The third-order valence-corrected chi connectivity index (χ3v) is 21.3. The summed E-state index contributed by atoms with van der Waals surface area (Å²) in [6, 6.07) is -0.143. The van der Waals surface area contributed by atoms with Crippen molar-refractivity contribution in [1.29, 1.82) is 0 Å². The molecule has 0 fully saturated rings. The van der Waals surface area contributed by atoms with Crippen LogP contribution in [0, 0.1) is 0 Å². The maximum atomic E-state index is 12.4.